The van der Waals surface area contributed by atoms with Crippen molar-refractivity contribution >= 4 is 5.71 Å². The molecular weight excluding hydrogens is 180 g/mol. The van der Waals surface area contributed by atoms with E-state index in [-0.39, 0.29) is 25.3 Å². The quantitative estimate of drug-likeness (QED) is 0.538. The predicted molar refractivity (Wildman–Crippen MR) is 55.0 cm³/mol. The molecule has 0 aromatic heterocycles. The Morgan fingerprint density at radius 1 is 1.43 bits per heavy atom. The van der Waals surface area contributed by atoms with Crippen LogP contribution in [0.1, 0.15) is 20.3 Å². The van der Waals surface area contributed by atoms with Gasteiger partial charge in [0.1, 0.15) is 6.42 Å². The molecule has 0 radical (unpaired) electrons. The molecule has 1 aliphatic rings. The van der Waals surface area contributed by atoms with Crippen molar-refractivity contribution in [2.75, 3.05) is 13.2 Å². The molecule has 0 aromatic carbocycles. The molecule has 4 heteroatoms. The van der Waals surface area contributed by atoms with E-state index in [9.17, 15) is 0 Å². The highest BCUT2D eigenvalue weighted by atomic mass is 16.3. The summed E-state index contributed by atoms with van der Waals surface area (Å²) in [5.41, 5.74) is 1.87. The Balaban J connectivity index is 2.36. The third kappa shape index (κ3) is 3.07. The molecule has 0 spiro atoms. The molecule has 0 fully saturated rings. The van der Waals surface area contributed by atoms with Crippen LogP contribution in [-0.2, 0) is 0 Å². The molecule has 0 heterocycles. The fraction of sp³-hybridized carbons (Fsp3) is 0.700. The van der Waals surface area contributed by atoms with E-state index in [0.717, 1.165) is 17.8 Å². The summed E-state index contributed by atoms with van der Waals surface area (Å²) < 4.78 is 0. The van der Waals surface area contributed by atoms with Gasteiger partial charge in [-0.15, -0.1) is 0 Å². The van der Waals surface area contributed by atoms with Gasteiger partial charge in [0.05, 0.1) is 25.3 Å². The second-order valence-electron chi connectivity index (χ2n) is 3.62. The molecule has 14 heavy (non-hydrogen) atoms. The van der Waals surface area contributed by atoms with Gasteiger partial charge in [0.15, 0.2) is 0 Å². The number of hydrogen-bond donors (Lipinski definition) is 3. The van der Waals surface area contributed by atoms with E-state index in [2.05, 4.69) is 16.4 Å². The van der Waals surface area contributed by atoms with Crippen LogP contribution in [0.25, 0.3) is 0 Å². The van der Waals surface area contributed by atoms with Gasteiger partial charge in [-0.25, -0.2) is 4.99 Å². The first-order valence-electron chi connectivity index (χ1n) is 4.83. The Morgan fingerprint density at radius 2 is 2.07 bits per heavy atom. The van der Waals surface area contributed by atoms with Gasteiger partial charge in [-0.1, -0.05) is 0 Å². The Morgan fingerprint density at radius 3 is 2.57 bits per heavy atom. The molecule has 0 amide bonds. The average molecular weight is 197 g/mol. The van der Waals surface area contributed by atoms with Gasteiger partial charge in [0.25, 0.3) is 11.4 Å². The topological polar surface area (TPSA) is 64.9 Å². The highest BCUT2D eigenvalue weighted by Crippen LogP contribution is 2.13. The number of aliphatic hydroxyl groups excluding tert-OH is 2. The first kappa shape index (κ1) is 11.1. The van der Waals surface area contributed by atoms with E-state index in [1.165, 1.54) is 0 Å². The van der Waals surface area contributed by atoms with E-state index >= 15 is 0 Å². The van der Waals surface area contributed by atoms with Crippen molar-refractivity contribution in [1.82, 2.24) is 5.32 Å². The van der Waals surface area contributed by atoms with Crippen LogP contribution in [0.4, 0.5) is 0 Å². The maximum atomic E-state index is 8.79. The van der Waals surface area contributed by atoms with E-state index in [1.54, 1.807) is 0 Å². The maximum absolute atomic E-state index is 8.79. The van der Waals surface area contributed by atoms with Gasteiger partial charge in [-0.05, 0) is 13.8 Å². The van der Waals surface area contributed by atoms with Crippen molar-refractivity contribution in [3.8, 4) is 0 Å². The SMILES string of the molecule is CC(CO)N=C1[C+]=C(NC(C)CO)C1. The van der Waals surface area contributed by atoms with Crippen LogP contribution < -0.4 is 5.32 Å². The summed E-state index contributed by atoms with van der Waals surface area (Å²) in [6.45, 7) is 3.95. The predicted octanol–water partition coefficient (Wildman–Crippen LogP) is -0.131. The van der Waals surface area contributed by atoms with Gasteiger partial charge in [0.2, 0.25) is 0 Å². The van der Waals surface area contributed by atoms with E-state index in [1.807, 2.05) is 13.8 Å². The number of rotatable bonds is 5. The number of nitrogens with zero attached hydrogens (tertiary/aromatic N) is 1. The number of nitrogens with one attached hydrogen (secondary N) is 1. The minimum atomic E-state index is -0.0469. The summed E-state index contributed by atoms with van der Waals surface area (Å²) in [5.74, 6) is 0. The Labute approximate surface area is 84.4 Å². The molecule has 1 rings (SSSR count). The fourth-order valence-electron chi connectivity index (χ4n) is 1.14. The molecule has 2 unspecified atom stereocenters. The number of aliphatic hydroxyl groups is 2. The summed E-state index contributed by atoms with van der Waals surface area (Å²) >= 11 is 0. The van der Waals surface area contributed by atoms with Gasteiger partial charge < -0.3 is 15.5 Å². The minimum absolute atomic E-state index is 0.0469. The molecule has 0 saturated carbocycles. The van der Waals surface area contributed by atoms with Crippen LogP contribution in [0.3, 0.4) is 0 Å². The largest absolute Gasteiger partial charge is 0.394 e. The molecule has 0 bridgehead atoms. The van der Waals surface area contributed by atoms with Crippen LogP contribution in [0, 0.1) is 6.08 Å². The summed E-state index contributed by atoms with van der Waals surface area (Å²) in [7, 11) is 0. The molecule has 0 aliphatic heterocycles. The van der Waals surface area contributed by atoms with Gasteiger partial charge in [-0.2, -0.15) is 0 Å². The molecule has 78 valence electrons. The van der Waals surface area contributed by atoms with Crippen molar-refractivity contribution in [1.29, 1.82) is 0 Å². The van der Waals surface area contributed by atoms with Crippen molar-refractivity contribution < 1.29 is 10.2 Å². The Bertz CT molecular complexity index is 249. The summed E-state index contributed by atoms with van der Waals surface area (Å²) in [5, 5.41) is 20.6. The first-order valence-corrected chi connectivity index (χ1v) is 4.83. The van der Waals surface area contributed by atoms with Gasteiger partial charge in [0, 0.05) is 0 Å². The average Bonchev–Trinajstić information content (AvgIpc) is 2.13. The Kier molecular flexibility index (Phi) is 4.01. The van der Waals surface area contributed by atoms with E-state index < -0.39 is 0 Å². The van der Waals surface area contributed by atoms with Crippen molar-refractivity contribution in [3.05, 3.63) is 11.8 Å². The molecular formula is C10H17N2O2+. The number of allylic oxidation sites excluding steroid dienone is 2. The van der Waals surface area contributed by atoms with Crippen molar-refractivity contribution in [2.45, 2.75) is 32.4 Å². The van der Waals surface area contributed by atoms with Crippen LogP contribution in [0.5, 0.6) is 0 Å². The Hall–Kier alpha value is -0.960. The molecule has 0 aromatic rings. The number of aliphatic imine (C=N–C) groups is 1. The van der Waals surface area contributed by atoms with Crippen LogP contribution in [0.2, 0.25) is 0 Å². The van der Waals surface area contributed by atoms with Crippen LogP contribution in [0.15, 0.2) is 10.7 Å². The second kappa shape index (κ2) is 5.05. The molecule has 4 nitrogen and oxygen atoms in total. The monoisotopic (exact) mass is 197 g/mol. The lowest BCUT2D eigenvalue weighted by Gasteiger charge is -2.11. The van der Waals surface area contributed by atoms with Gasteiger partial charge >= 0.3 is 6.08 Å². The van der Waals surface area contributed by atoms with Crippen LogP contribution >= 0.6 is 0 Å². The molecule has 1 aliphatic carbocycles. The lowest BCUT2D eigenvalue weighted by Crippen LogP contribution is -2.33. The zero-order chi connectivity index (χ0) is 10.6. The van der Waals surface area contributed by atoms with Crippen LogP contribution in [-0.4, -0.2) is 41.2 Å². The maximum Gasteiger partial charge on any atom is 0.307 e. The minimum Gasteiger partial charge on any atom is -0.394 e. The highest BCUT2D eigenvalue weighted by molar-refractivity contribution is 5.99. The first-order chi connectivity index (χ1) is 6.65. The fourth-order valence-corrected chi connectivity index (χ4v) is 1.14. The summed E-state index contributed by atoms with van der Waals surface area (Å²) in [6, 6.07) is 0.0173. The smallest absolute Gasteiger partial charge is 0.307 e. The molecule has 2 atom stereocenters. The highest BCUT2D eigenvalue weighted by Gasteiger charge is 2.33. The molecule has 0 saturated heterocycles. The lowest BCUT2D eigenvalue weighted by molar-refractivity contribution is 0.258. The van der Waals surface area contributed by atoms with Crippen molar-refractivity contribution in [2.24, 2.45) is 4.99 Å². The zero-order valence-electron chi connectivity index (χ0n) is 8.62. The zero-order valence-corrected chi connectivity index (χ0v) is 8.62. The summed E-state index contributed by atoms with van der Waals surface area (Å²) in [6.07, 6.45) is 3.80. The third-order valence-corrected chi connectivity index (χ3v) is 1.97. The van der Waals surface area contributed by atoms with Gasteiger partial charge in [-0.3, -0.25) is 0 Å². The standard InChI is InChI=1S/C10H17N2O2/c1-7(5-13)11-9-3-10(4-9)12-8(2)6-14/h7-8,11,13-14H,3,5-6H2,1-2H3/q+1. The van der Waals surface area contributed by atoms with E-state index in [0.29, 0.717) is 0 Å². The normalized spacial score (nSPS) is 22.0. The second-order valence-corrected chi connectivity index (χ2v) is 3.62. The number of hydrogen-bond acceptors (Lipinski definition) is 4. The molecule has 3 N–H and O–H groups in total. The summed E-state index contributed by atoms with van der Waals surface area (Å²) in [4.78, 5) is 4.22. The van der Waals surface area contributed by atoms with Crippen molar-refractivity contribution in [3.63, 3.8) is 0 Å². The third-order valence-electron chi connectivity index (χ3n) is 1.97. The van der Waals surface area contributed by atoms with E-state index in [4.69, 9.17) is 10.2 Å². The lowest BCUT2D eigenvalue weighted by atomic mass is 10.0.